The summed E-state index contributed by atoms with van der Waals surface area (Å²) < 4.78 is 23.8. The number of ether oxygens (including phenoxy) is 2. The lowest BCUT2D eigenvalue weighted by Crippen LogP contribution is -2.20. The number of anilines is 2. The van der Waals surface area contributed by atoms with E-state index in [0.717, 1.165) is 17.7 Å². The Bertz CT molecular complexity index is 1070. The van der Waals surface area contributed by atoms with E-state index < -0.39 is 5.91 Å². The Balaban J connectivity index is 1.64. The van der Waals surface area contributed by atoms with Crippen LogP contribution in [0.2, 0.25) is 0 Å². The van der Waals surface area contributed by atoms with Crippen LogP contribution in [0.25, 0.3) is 0 Å². The molecule has 0 bridgehead atoms. The summed E-state index contributed by atoms with van der Waals surface area (Å²) in [4.78, 5) is 24.7. The maximum absolute atomic E-state index is 12.9. The fraction of sp³-hybridized carbons (Fsp3) is 0.167. The Morgan fingerprint density at radius 1 is 0.935 bits per heavy atom. The van der Waals surface area contributed by atoms with Crippen molar-refractivity contribution in [3.8, 4) is 11.5 Å². The van der Waals surface area contributed by atoms with Gasteiger partial charge in [0.2, 0.25) is 0 Å². The normalized spacial score (nSPS) is 10.3. The van der Waals surface area contributed by atoms with Crippen molar-refractivity contribution in [2.24, 2.45) is 0 Å². The summed E-state index contributed by atoms with van der Waals surface area (Å²) in [5.41, 5.74) is 2.65. The van der Waals surface area contributed by atoms with E-state index in [1.807, 2.05) is 31.2 Å². The summed E-state index contributed by atoms with van der Waals surface area (Å²) >= 11 is 0. The van der Waals surface area contributed by atoms with Crippen molar-refractivity contribution in [1.82, 2.24) is 0 Å². The molecule has 0 saturated carbocycles. The number of rotatable bonds is 8. The third kappa shape index (κ3) is 5.82. The number of methoxy groups -OCH3 is 1. The van der Waals surface area contributed by atoms with Crippen molar-refractivity contribution in [2.45, 2.75) is 13.3 Å². The quantitative estimate of drug-likeness (QED) is 0.553. The van der Waals surface area contributed by atoms with Crippen LogP contribution in [0.3, 0.4) is 0 Å². The second-order valence-corrected chi connectivity index (χ2v) is 6.67. The average molecular weight is 422 g/mol. The Labute approximate surface area is 180 Å². The molecule has 0 aromatic heterocycles. The van der Waals surface area contributed by atoms with Gasteiger partial charge in [-0.05, 0) is 60.5 Å². The van der Waals surface area contributed by atoms with Crippen LogP contribution in [0.1, 0.15) is 22.8 Å². The zero-order chi connectivity index (χ0) is 22.2. The highest BCUT2D eigenvalue weighted by atomic mass is 19.1. The van der Waals surface area contributed by atoms with Gasteiger partial charge in [0.1, 0.15) is 5.82 Å². The summed E-state index contributed by atoms with van der Waals surface area (Å²) in [6, 6.07) is 17.7. The number of nitrogens with one attached hydrogen (secondary N) is 2. The molecule has 0 atom stereocenters. The van der Waals surface area contributed by atoms with Crippen molar-refractivity contribution >= 4 is 23.2 Å². The van der Waals surface area contributed by atoms with E-state index in [4.69, 9.17) is 9.47 Å². The number of para-hydroxylation sites is 1. The molecule has 0 aliphatic carbocycles. The molecule has 0 unspecified atom stereocenters. The number of carbonyl (C=O) groups excluding carboxylic acids is 2. The standard InChI is InChI=1S/C24H23FN2O4/c1-3-16-6-4-5-7-20(16)27-24(29)17-8-13-21(22(14-17)30-2)31-15-23(28)26-19-11-9-18(25)10-12-19/h4-14H,3,15H2,1-2H3,(H,26,28)(H,27,29). The third-order valence-corrected chi connectivity index (χ3v) is 4.56. The summed E-state index contributed by atoms with van der Waals surface area (Å²) in [6.07, 6.45) is 0.798. The molecule has 2 amide bonds. The highest BCUT2D eigenvalue weighted by Gasteiger charge is 2.14. The van der Waals surface area contributed by atoms with Gasteiger partial charge in [-0.3, -0.25) is 9.59 Å². The average Bonchev–Trinajstić information content (AvgIpc) is 2.79. The second-order valence-electron chi connectivity index (χ2n) is 6.67. The smallest absolute Gasteiger partial charge is 0.262 e. The number of hydrogen-bond acceptors (Lipinski definition) is 4. The molecule has 3 aromatic rings. The van der Waals surface area contributed by atoms with E-state index in [1.165, 1.54) is 31.4 Å². The number of amides is 2. The molecule has 0 radical (unpaired) electrons. The first-order valence-electron chi connectivity index (χ1n) is 9.75. The highest BCUT2D eigenvalue weighted by Crippen LogP contribution is 2.29. The maximum atomic E-state index is 12.9. The van der Waals surface area contributed by atoms with E-state index in [-0.39, 0.29) is 18.3 Å². The van der Waals surface area contributed by atoms with Gasteiger partial charge < -0.3 is 20.1 Å². The van der Waals surface area contributed by atoms with E-state index >= 15 is 0 Å². The maximum Gasteiger partial charge on any atom is 0.262 e. The van der Waals surface area contributed by atoms with Gasteiger partial charge in [-0.1, -0.05) is 25.1 Å². The summed E-state index contributed by atoms with van der Waals surface area (Å²) in [6.45, 7) is 1.75. The van der Waals surface area contributed by atoms with Crippen molar-refractivity contribution in [2.75, 3.05) is 24.4 Å². The minimum atomic E-state index is -0.411. The topological polar surface area (TPSA) is 76.7 Å². The van der Waals surface area contributed by atoms with Gasteiger partial charge >= 0.3 is 0 Å². The first kappa shape index (κ1) is 21.8. The molecule has 0 aliphatic heterocycles. The molecule has 2 N–H and O–H groups in total. The molecule has 3 aromatic carbocycles. The minimum absolute atomic E-state index is 0.275. The minimum Gasteiger partial charge on any atom is -0.493 e. The lowest BCUT2D eigenvalue weighted by molar-refractivity contribution is -0.118. The summed E-state index contributed by atoms with van der Waals surface area (Å²) in [5.74, 6) is -0.430. The molecule has 7 heteroatoms. The molecule has 160 valence electrons. The lowest BCUT2D eigenvalue weighted by atomic mass is 10.1. The van der Waals surface area contributed by atoms with Crippen LogP contribution in [0, 0.1) is 5.82 Å². The molecular formula is C24H23FN2O4. The van der Waals surface area contributed by atoms with Gasteiger partial charge in [-0.25, -0.2) is 4.39 Å². The first-order chi connectivity index (χ1) is 15.0. The van der Waals surface area contributed by atoms with Gasteiger partial charge in [0.15, 0.2) is 18.1 Å². The molecule has 0 heterocycles. The number of halogens is 1. The number of hydrogen-bond donors (Lipinski definition) is 2. The molecule has 3 rings (SSSR count). The number of carbonyl (C=O) groups is 2. The van der Waals surface area contributed by atoms with Crippen LogP contribution in [0.5, 0.6) is 11.5 Å². The largest absolute Gasteiger partial charge is 0.493 e. The zero-order valence-electron chi connectivity index (χ0n) is 17.3. The predicted molar refractivity (Wildman–Crippen MR) is 117 cm³/mol. The van der Waals surface area contributed by atoms with E-state index in [9.17, 15) is 14.0 Å². The third-order valence-electron chi connectivity index (χ3n) is 4.56. The highest BCUT2D eigenvalue weighted by molar-refractivity contribution is 6.05. The summed E-state index contributed by atoms with van der Waals surface area (Å²) in [7, 11) is 1.45. The van der Waals surface area contributed by atoms with Crippen molar-refractivity contribution in [3.05, 3.63) is 83.7 Å². The van der Waals surface area contributed by atoms with E-state index in [2.05, 4.69) is 10.6 Å². The number of aryl methyl sites for hydroxylation is 1. The first-order valence-corrected chi connectivity index (χ1v) is 9.75. The number of benzene rings is 3. The van der Waals surface area contributed by atoms with Crippen LogP contribution in [0.15, 0.2) is 66.7 Å². The van der Waals surface area contributed by atoms with E-state index in [1.54, 1.807) is 18.2 Å². The van der Waals surface area contributed by atoms with Crippen LogP contribution in [0.4, 0.5) is 15.8 Å². The fourth-order valence-corrected chi connectivity index (χ4v) is 2.95. The zero-order valence-corrected chi connectivity index (χ0v) is 17.3. The molecule has 0 aliphatic rings. The Morgan fingerprint density at radius 2 is 1.68 bits per heavy atom. The van der Waals surface area contributed by atoms with Crippen LogP contribution in [-0.4, -0.2) is 25.5 Å². The van der Waals surface area contributed by atoms with Crippen LogP contribution < -0.4 is 20.1 Å². The van der Waals surface area contributed by atoms with Gasteiger partial charge in [0.25, 0.3) is 11.8 Å². The second kappa shape index (κ2) is 10.2. The van der Waals surface area contributed by atoms with Crippen LogP contribution in [-0.2, 0) is 11.2 Å². The van der Waals surface area contributed by atoms with Gasteiger partial charge in [-0.15, -0.1) is 0 Å². The van der Waals surface area contributed by atoms with Crippen molar-refractivity contribution < 1.29 is 23.5 Å². The van der Waals surface area contributed by atoms with Gasteiger partial charge in [-0.2, -0.15) is 0 Å². The molecule has 6 nitrogen and oxygen atoms in total. The van der Waals surface area contributed by atoms with Gasteiger partial charge in [0, 0.05) is 16.9 Å². The molecule has 0 saturated heterocycles. The Hall–Kier alpha value is -3.87. The molecule has 0 spiro atoms. The summed E-state index contributed by atoms with van der Waals surface area (Å²) in [5, 5.41) is 5.51. The van der Waals surface area contributed by atoms with Crippen molar-refractivity contribution in [3.63, 3.8) is 0 Å². The lowest BCUT2D eigenvalue weighted by Gasteiger charge is -2.13. The monoisotopic (exact) mass is 422 g/mol. The Morgan fingerprint density at radius 3 is 2.39 bits per heavy atom. The molecular weight excluding hydrogens is 399 g/mol. The molecule has 31 heavy (non-hydrogen) atoms. The van der Waals surface area contributed by atoms with Crippen molar-refractivity contribution in [1.29, 1.82) is 0 Å². The molecule has 0 fully saturated rings. The predicted octanol–water partition coefficient (Wildman–Crippen LogP) is 4.67. The van der Waals surface area contributed by atoms with Crippen LogP contribution >= 0.6 is 0 Å². The van der Waals surface area contributed by atoms with E-state index in [0.29, 0.717) is 22.7 Å². The SMILES string of the molecule is CCc1ccccc1NC(=O)c1ccc(OCC(=O)Nc2ccc(F)cc2)c(OC)c1. The Kier molecular flexibility index (Phi) is 7.22. The fourth-order valence-electron chi connectivity index (χ4n) is 2.95. The van der Waals surface area contributed by atoms with Gasteiger partial charge in [0.05, 0.1) is 7.11 Å².